The number of halogens is 1. The van der Waals surface area contributed by atoms with Gasteiger partial charge in [-0.15, -0.1) is 0 Å². The van der Waals surface area contributed by atoms with Gasteiger partial charge in [0.05, 0.1) is 18.7 Å². The summed E-state index contributed by atoms with van der Waals surface area (Å²) in [6.45, 7) is 4.39. The number of aromatic nitrogens is 1. The van der Waals surface area contributed by atoms with Crippen LogP contribution >= 0.6 is 11.6 Å². The Morgan fingerprint density at radius 1 is 1.26 bits per heavy atom. The maximum absolute atomic E-state index is 12.7. The molecule has 2 aromatic rings. The molecule has 0 spiro atoms. The normalized spacial score (nSPS) is 11.8. The summed E-state index contributed by atoms with van der Waals surface area (Å²) < 4.78 is 5.17. The molecule has 0 radical (unpaired) electrons. The molecular formula is C18H21ClN2O2. The van der Waals surface area contributed by atoms with Crippen LogP contribution in [0.15, 0.2) is 42.6 Å². The van der Waals surface area contributed by atoms with Crippen molar-refractivity contribution in [3.05, 3.63) is 53.2 Å². The second-order valence-electron chi connectivity index (χ2n) is 5.42. The van der Waals surface area contributed by atoms with Gasteiger partial charge in [0.2, 0.25) is 5.91 Å². The fourth-order valence-electron chi connectivity index (χ4n) is 2.15. The number of ether oxygens (including phenoxy) is 1. The third-order valence-electron chi connectivity index (χ3n) is 3.79. The van der Waals surface area contributed by atoms with Gasteiger partial charge in [0.15, 0.2) is 0 Å². The Balaban J connectivity index is 2.28. The van der Waals surface area contributed by atoms with Crippen LogP contribution in [0.1, 0.15) is 25.8 Å². The van der Waals surface area contributed by atoms with Crippen LogP contribution in [0.5, 0.6) is 5.75 Å². The minimum Gasteiger partial charge on any atom is -0.497 e. The van der Waals surface area contributed by atoms with Crippen LogP contribution in [-0.4, -0.2) is 18.0 Å². The van der Waals surface area contributed by atoms with Crippen molar-refractivity contribution in [1.29, 1.82) is 0 Å². The Kier molecular flexibility index (Phi) is 5.99. The second-order valence-corrected chi connectivity index (χ2v) is 5.85. The highest BCUT2D eigenvalue weighted by atomic mass is 35.5. The minimum atomic E-state index is -0.0641. The van der Waals surface area contributed by atoms with Crippen molar-refractivity contribution in [2.75, 3.05) is 12.0 Å². The zero-order chi connectivity index (χ0) is 16.8. The van der Waals surface area contributed by atoms with E-state index in [2.05, 4.69) is 4.98 Å². The molecule has 1 unspecified atom stereocenters. The lowest BCUT2D eigenvalue weighted by atomic mass is 10.1. The maximum atomic E-state index is 12.7. The number of rotatable bonds is 6. The fourth-order valence-corrected chi connectivity index (χ4v) is 2.27. The average Bonchev–Trinajstić information content (AvgIpc) is 2.59. The number of amides is 1. The molecule has 2 rings (SSSR count). The molecule has 1 amide bonds. The molecule has 0 fully saturated rings. The molecule has 1 heterocycles. The Morgan fingerprint density at radius 2 is 1.96 bits per heavy atom. The first kappa shape index (κ1) is 17.3. The molecule has 0 aliphatic rings. The fraction of sp³-hybridized carbons (Fsp3) is 0.333. The van der Waals surface area contributed by atoms with Crippen LogP contribution in [0.3, 0.4) is 0 Å². The summed E-state index contributed by atoms with van der Waals surface area (Å²) in [7, 11) is 1.63. The summed E-state index contributed by atoms with van der Waals surface area (Å²) >= 11 is 5.90. The first-order chi connectivity index (χ1) is 11.0. The maximum Gasteiger partial charge on any atom is 0.231 e. The Morgan fingerprint density at radius 3 is 2.48 bits per heavy atom. The molecule has 0 bridgehead atoms. The highest BCUT2D eigenvalue weighted by Gasteiger charge is 2.22. The van der Waals surface area contributed by atoms with E-state index in [-0.39, 0.29) is 11.8 Å². The Labute approximate surface area is 142 Å². The van der Waals surface area contributed by atoms with Crippen LogP contribution < -0.4 is 9.64 Å². The van der Waals surface area contributed by atoms with Gasteiger partial charge in [-0.1, -0.05) is 37.6 Å². The molecule has 4 nitrogen and oxygen atoms in total. The first-order valence-corrected chi connectivity index (χ1v) is 7.98. The van der Waals surface area contributed by atoms with Crippen LogP contribution in [0, 0.1) is 5.92 Å². The summed E-state index contributed by atoms with van der Waals surface area (Å²) in [6, 6.07) is 11.2. The number of anilines is 1. The Hall–Kier alpha value is -2.07. The number of hydrogen-bond donors (Lipinski definition) is 0. The molecule has 5 heteroatoms. The van der Waals surface area contributed by atoms with Crippen LogP contribution in [-0.2, 0) is 11.3 Å². The molecule has 0 aliphatic carbocycles. The number of hydrogen-bond acceptors (Lipinski definition) is 3. The van der Waals surface area contributed by atoms with Gasteiger partial charge in [0, 0.05) is 12.1 Å². The van der Waals surface area contributed by atoms with E-state index >= 15 is 0 Å². The van der Waals surface area contributed by atoms with Crippen molar-refractivity contribution in [1.82, 2.24) is 4.98 Å². The molecule has 0 N–H and O–H groups in total. The lowest BCUT2D eigenvalue weighted by Crippen LogP contribution is -2.35. The van der Waals surface area contributed by atoms with E-state index < -0.39 is 0 Å². The largest absolute Gasteiger partial charge is 0.497 e. The van der Waals surface area contributed by atoms with Crippen LogP contribution in [0.4, 0.5) is 5.82 Å². The number of benzene rings is 1. The average molecular weight is 333 g/mol. The quantitative estimate of drug-likeness (QED) is 0.791. The van der Waals surface area contributed by atoms with Crippen LogP contribution in [0.25, 0.3) is 0 Å². The third kappa shape index (κ3) is 4.45. The number of methoxy groups -OCH3 is 1. The van der Waals surface area contributed by atoms with Gasteiger partial charge in [-0.2, -0.15) is 0 Å². The monoisotopic (exact) mass is 332 g/mol. The van der Waals surface area contributed by atoms with Crippen molar-refractivity contribution < 1.29 is 9.53 Å². The third-order valence-corrected chi connectivity index (χ3v) is 4.01. The van der Waals surface area contributed by atoms with Gasteiger partial charge < -0.3 is 4.74 Å². The lowest BCUT2D eigenvalue weighted by Gasteiger charge is -2.25. The van der Waals surface area contributed by atoms with Crippen molar-refractivity contribution in [2.24, 2.45) is 5.92 Å². The topological polar surface area (TPSA) is 42.4 Å². The minimum absolute atomic E-state index is 0.0538. The summed E-state index contributed by atoms with van der Waals surface area (Å²) in [5.41, 5.74) is 1.01. The number of carbonyl (C=O) groups excluding carboxylic acids is 1. The molecular weight excluding hydrogens is 312 g/mol. The van der Waals surface area contributed by atoms with Gasteiger partial charge in [-0.05, 0) is 36.2 Å². The predicted molar refractivity (Wildman–Crippen MR) is 92.9 cm³/mol. The molecule has 1 aromatic heterocycles. The standard InChI is InChI=1S/C18H21ClN2O2/c1-4-13(2)18(22)21(17-10-7-15(19)11-20-17)12-14-5-8-16(23-3)9-6-14/h5-11,13H,4,12H2,1-3H3. The summed E-state index contributed by atoms with van der Waals surface area (Å²) in [5, 5.41) is 0.550. The van der Waals surface area contributed by atoms with E-state index in [1.165, 1.54) is 0 Å². The summed E-state index contributed by atoms with van der Waals surface area (Å²) in [5.74, 6) is 1.39. The van der Waals surface area contributed by atoms with Gasteiger partial charge >= 0.3 is 0 Å². The lowest BCUT2D eigenvalue weighted by molar-refractivity contribution is -0.122. The highest BCUT2D eigenvalue weighted by molar-refractivity contribution is 6.30. The summed E-state index contributed by atoms with van der Waals surface area (Å²) in [6.07, 6.45) is 2.34. The van der Waals surface area contributed by atoms with E-state index in [0.717, 1.165) is 17.7 Å². The van der Waals surface area contributed by atoms with E-state index in [4.69, 9.17) is 16.3 Å². The van der Waals surface area contributed by atoms with E-state index in [0.29, 0.717) is 17.4 Å². The van der Waals surface area contributed by atoms with Gasteiger partial charge in [0.1, 0.15) is 11.6 Å². The van der Waals surface area contributed by atoms with Crippen molar-refractivity contribution in [2.45, 2.75) is 26.8 Å². The predicted octanol–water partition coefficient (Wildman–Crippen LogP) is 4.32. The van der Waals surface area contributed by atoms with E-state index in [1.54, 1.807) is 30.3 Å². The van der Waals surface area contributed by atoms with Crippen molar-refractivity contribution in [3.63, 3.8) is 0 Å². The van der Waals surface area contributed by atoms with Crippen molar-refractivity contribution >= 4 is 23.3 Å². The number of pyridine rings is 1. The van der Waals surface area contributed by atoms with Crippen molar-refractivity contribution in [3.8, 4) is 5.75 Å². The SMILES string of the molecule is CCC(C)C(=O)N(Cc1ccc(OC)cc1)c1ccc(Cl)cn1. The smallest absolute Gasteiger partial charge is 0.231 e. The second kappa shape index (κ2) is 7.97. The Bertz CT molecular complexity index is 641. The molecule has 1 atom stereocenters. The zero-order valence-electron chi connectivity index (χ0n) is 13.6. The molecule has 0 saturated carbocycles. The molecule has 0 aliphatic heterocycles. The van der Waals surface area contributed by atoms with Gasteiger partial charge in [-0.3, -0.25) is 9.69 Å². The number of carbonyl (C=O) groups is 1. The molecule has 23 heavy (non-hydrogen) atoms. The summed E-state index contributed by atoms with van der Waals surface area (Å²) in [4.78, 5) is 18.7. The van der Waals surface area contributed by atoms with E-state index in [9.17, 15) is 4.79 Å². The molecule has 1 aromatic carbocycles. The van der Waals surface area contributed by atoms with Crippen LogP contribution in [0.2, 0.25) is 5.02 Å². The van der Waals surface area contributed by atoms with Gasteiger partial charge in [-0.25, -0.2) is 4.98 Å². The zero-order valence-corrected chi connectivity index (χ0v) is 14.4. The number of nitrogens with zero attached hydrogens (tertiary/aromatic N) is 2. The highest BCUT2D eigenvalue weighted by Crippen LogP contribution is 2.21. The molecule has 122 valence electrons. The molecule has 0 saturated heterocycles. The first-order valence-electron chi connectivity index (χ1n) is 7.61. The van der Waals surface area contributed by atoms with E-state index in [1.807, 2.05) is 38.1 Å². The van der Waals surface area contributed by atoms with Gasteiger partial charge in [0.25, 0.3) is 0 Å².